The van der Waals surface area contributed by atoms with E-state index in [1.54, 1.807) is 19.1 Å². The van der Waals surface area contributed by atoms with Crippen LogP contribution in [0.15, 0.2) is 42.5 Å². The molecule has 0 aliphatic carbocycles. The number of Topliss-reactive ketones (excluding diaryl/α,β-unsaturated/α-hetero) is 1. The van der Waals surface area contributed by atoms with Crippen LogP contribution in [0.1, 0.15) is 16.1 Å². The second kappa shape index (κ2) is 6.37. The maximum atomic E-state index is 12.6. The van der Waals surface area contributed by atoms with Crippen LogP contribution in [0.4, 0.5) is 5.69 Å². The zero-order chi connectivity index (χ0) is 17.3. The second-order valence-corrected chi connectivity index (χ2v) is 5.71. The minimum absolute atomic E-state index is 0.353. The van der Waals surface area contributed by atoms with Crippen molar-refractivity contribution in [2.24, 2.45) is 0 Å². The molecule has 3 rings (SSSR count). The van der Waals surface area contributed by atoms with Gasteiger partial charge in [0.25, 0.3) is 11.7 Å². The molecule has 1 aromatic heterocycles. The van der Waals surface area contributed by atoms with Gasteiger partial charge in [0.2, 0.25) is 0 Å². The number of ether oxygens (including phenoxy) is 1. The van der Waals surface area contributed by atoms with Gasteiger partial charge in [-0.3, -0.25) is 9.59 Å². The van der Waals surface area contributed by atoms with Gasteiger partial charge in [0, 0.05) is 22.3 Å². The van der Waals surface area contributed by atoms with E-state index in [9.17, 15) is 9.59 Å². The number of nitrogens with one attached hydrogen (secondary N) is 2. The number of aromatic nitrogens is 1. The van der Waals surface area contributed by atoms with Crippen molar-refractivity contribution in [3.05, 3.63) is 58.7 Å². The number of benzene rings is 2. The summed E-state index contributed by atoms with van der Waals surface area (Å²) in [7, 11) is 1.50. The Balaban J connectivity index is 1.88. The third-order valence-corrected chi connectivity index (χ3v) is 4.03. The van der Waals surface area contributed by atoms with E-state index < -0.39 is 11.7 Å². The minimum atomic E-state index is -0.718. The van der Waals surface area contributed by atoms with Crippen LogP contribution in [-0.4, -0.2) is 23.8 Å². The molecular formula is C18H15ClN2O3. The predicted octanol–water partition coefficient (Wildman–Crippen LogP) is 3.96. The number of halogens is 1. The average Bonchev–Trinajstić information content (AvgIpc) is 2.90. The molecule has 6 heteroatoms. The van der Waals surface area contributed by atoms with Gasteiger partial charge in [-0.1, -0.05) is 29.8 Å². The van der Waals surface area contributed by atoms with Crippen molar-refractivity contribution in [1.29, 1.82) is 0 Å². The van der Waals surface area contributed by atoms with E-state index in [0.717, 1.165) is 10.9 Å². The molecule has 0 unspecified atom stereocenters. The third-order valence-electron chi connectivity index (χ3n) is 3.74. The van der Waals surface area contributed by atoms with Crippen molar-refractivity contribution < 1.29 is 14.3 Å². The monoisotopic (exact) mass is 342 g/mol. The molecule has 2 N–H and O–H groups in total. The molecule has 2 aromatic carbocycles. The van der Waals surface area contributed by atoms with Crippen molar-refractivity contribution in [2.75, 3.05) is 12.4 Å². The molecule has 0 bridgehead atoms. The molecule has 0 aliphatic rings. The van der Waals surface area contributed by atoms with Gasteiger partial charge in [-0.05, 0) is 31.2 Å². The first-order valence-corrected chi connectivity index (χ1v) is 7.65. The van der Waals surface area contributed by atoms with Crippen molar-refractivity contribution in [3.8, 4) is 5.75 Å². The van der Waals surface area contributed by atoms with Crippen LogP contribution in [0.2, 0.25) is 5.02 Å². The first kappa shape index (κ1) is 16.1. The molecular weight excluding hydrogens is 328 g/mol. The number of carbonyl (C=O) groups excluding carboxylic acids is 2. The lowest BCUT2D eigenvalue weighted by atomic mass is 10.1. The van der Waals surface area contributed by atoms with Crippen LogP contribution in [-0.2, 0) is 4.79 Å². The lowest BCUT2D eigenvalue weighted by Crippen LogP contribution is -2.23. The van der Waals surface area contributed by atoms with Gasteiger partial charge in [0.15, 0.2) is 0 Å². The number of H-pyrrole nitrogens is 1. The summed E-state index contributed by atoms with van der Waals surface area (Å²) in [4.78, 5) is 28.0. The summed E-state index contributed by atoms with van der Waals surface area (Å²) in [5, 5.41) is 3.65. The van der Waals surface area contributed by atoms with Crippen LogP contribution >= 0.6 is 11.6 Å². The highest BCUT2D eigenvalue weighted by Crippen LogP contribution is 2.28. The Bertz CT molecular complexity index is 947. The fraction of sp³-hybridized carbons (Fsp3) is 0.111. The molecule has 5 nitrogen and oxygen atoms in total. The summed E-state index contributed by atoms with van der Waals surface area (Å²) in [6.07, 6.45) is 0. The van der Waals surface area contributed by atoms with Gasteiger partial charge < -0.3 is 15.0 Å². The molecule has 0 spiro atoms. The zero-order valence-electron chi connectivity index (χ0n) is 13.1. The number of hydrogen-bond donors (Lipinski definition) is 2. The highest BCUT2D eigenvalue weighted by Gasteiger charge is 2.22. The van der Waals surface area contributed by atoms with E-state index >= 15 is 0 Å². The summed E-state index contributed by atoms with van der Waals surface area (Å²) in [6.45, 7) is 1.77. The Labute approximate surface area is 143 Å². The van der Waals surface area contributed by atoms with Gasteiger partial charge in [-0.2, -0.15) is 0 Å². The van der Waals surface area contributed by atoms with E-state index in [4.69, 9.17) is 16.3 Å². The molecule has 0 fully saturated rings. The first-order valence-electron chi connectivity index (χ1n) is 7.27. The highest BCUT2D eigenvalue weighted by atomic mass is 35.5. The number of methoxy groups -OCH3 is 1. The number of para-hydroxylation sites is 1. The normalized spacial score (nSPS) is 10.6. The number of ketones is 1. The number of anilines is 1. The van der Waals surface area contributed by atoms with Gasteiger partial charge in [-0.25, -0.2) is 0 Å². The number of fused-ring (bicyclic) bond motifs is 1. The van der Waals surface area contributed by atoms with E-state index in [0.29, 0.717) is 27.7 Å². The average molecular weight is 343 g/mol. The zero-order valence-corrected chi connectivity index (χ0v) is 13.9. The topological polar surface area (TPSA) is 71.2 Å². The molecule has 3 aromatic rings. The van der Waals surface area contributed by atoms with Crippen molar-refractivity contribution in [1.82, 2.24) is 4.98 Å². The fourth-order valence-corrected chi connectivity index (χ4v) is 2.87. The first-order chi connectivity index (χ1) is 11.5. The number of amides is 1. The van der Waals surface area contributed by atoms with Crippen molar-refractivity contribution in [3.63, 3.8) is 0 Å². The quantitative estimate of drug-likeness (QED) is 0.557. The third kappa shape index (κ3) is 2.86. The summed E-state index contributed by atoms with van der Waals surface area (Å²) in [6, 6.07) is 12.1. The van der Waals surface area contributed by atoms with Gasteiger partial charge in [-0.15, -0.1) is 0 Å². The Morgan fingerprint density at radius 2 is 1.92 bits per heavy atom. The Kier molecular flexibility index (Phi) is 4.27. The maximum absolute atomic E-state index is 12.6. The molecule has 0 saturated heterocycles. The lowest BCUT2D eigenvalue weighted by molar-refractivity contribution is -0.112. The number of aryl methyl sites for hydroxylation is 1. The van der Waals surface area contributed by atoms with Gasteiger partial charge in [0.1, 0.15) is 5.75 Å². The number of hydrogen-bond acceptors (Lipinski definition) is 3. The standard InChI is InChI=1S/C18H15ClN2O3/c1-10-16(12-5-3-4-6-14(12)20-10)17(22)18(23)21-11-7-8-15(24-2)13(19)9-11/h3-9,20H,1-2H3,(H,21,23). The molecule has 1 heterocycles. The minimum Gasteiger partial charge on any atom is -0.495 e. The molecule has 24 heavy (non-hydrogen) atoms. The Morgan fingerprint density at radius 1 is 1.17 bits per heavy atom. The van der Waals surface area contributed by atoms with Crippen LogP contribution < -0.4 is 10.1 Å². The van der Waals surface area contributed by atoms with Gasteiger partial charge >= 0.3 is 0 Å². The maximum Gasteiger partial charge on any atom is 0.296 e. The van der Waals surface area contributed by atoms with E-state index in [-0.39, 0.29) is 0 Å². The largest absolute Gasteiger partial charge is 0.495 e. The fourth-order valence-electron chi connectivity index (χ4n) is 2.61. The second-order valence-electron chi connectivity index (χ2n) is 5.30. The van der Waals surface area contributed by atoms with Crippen molar-refractivity contribution >= 4 is 39.9 Å². The Hall–Kier alpha value is -2.79. The molecule has 122 valence electrons. The highest BCUT2D eigenvalue weighted by molar-refractivity contribution is 6.48. The smallest absolute Gasteiger partial charge is 0.296 e. The summed E-state index contributed by atoms with van der Waals surface area (Å²) < 4.78 is 5.06. The lowest BCUT2D eigenvalue weighted by Gasteiger charge is -2.07. The van der Waals surface area contributed by atoms with E-state index in [2.05, 4.69) is 10.3 Å². The van der Waals surface area contributed by atoms with Crippen molar-refractivity contribution in [2.45, 2.75) is 6.92 Å². The molecule has 1 amide bonds. The van der Waals surface area contributed by atoms with Crippen LogP contribution in [0.3, 0.4) is 0 Å². The van der Waals surface area contributed by atoms with E-state index in [1.165, 1.54) is 13.2 Å². The van der Waals surface area contributed by atoms with Crippen LogP contribution in [0.25, 0.3) is 10.9 Å². The molecule has 0 saturated carbocycles. The van der Waals surface area contributed by atoms with Crippen LogP contribution in [0, 0.1) is 6.92 Å². The van der Waals surface area contributed by atoms with E-state index in [1.807, 2.05) is 24.3 Å². The summed E-state index contributed by atoms with van der Waals surface area (Å²) in [5.41, 5.74) is 2.28. The number of carbonyl (C=O) groups is 2. The predicted molar refractivity (Wildman–Crippen MR) is 94.0 cm³/mol. The van der Waals surface area contributed by atoms with Crippen LogP contribution in [0.5, 0.6) is 5.75 Å². The number of rotatable bonds is 4. The number of aromatic amines is 1. The molecule has 0 radical (unpaired) electrons. The molecule has 0 atom stereocenters. The summed E-state index contributed by atoms with van der Waals surface area (Å²) in [5.74, 6) is -0.825. The Morgan fingerprint density at radius 3 is 2.62 bits per heavy atom. The van der Waals surface area contributed by atoms with Gasteiger partial charge in [0.05, 0.1) is 17.7 Å². The SMILES string of the molecule is COc1ccc(NC(=O)C(=O)c2c(C)[nH]c3ccccc23)cc1Cl. The summed E-state index contributed by atoms with van der Waals surface area (Å²) >= 11 is 6.03. The molecule has 0 aliphatic heterocycles.